The molecule has 0 aliphatic carbocycles. The van der Waals surface area contributed by atoms with E-state index < -0.39 is 11.8 Å². The molecule has 0 unspecified atom stereocenters. The van der Waals surface area contributed by atoms with Gasteiger partial charge in [-0.2, -0.15) is 0 Å². The van der Waals surface area contributed by atoms with Gasteiger partial charge in [0.25, 0.3) is 0 Å². The Bertz CT molecular complexity index is 615. The van der Waals surface area contributed by atoms with E-state index in [4.69, 9.17) is 0 Å². The molecule has 0 atom stereocenters. The fourth-order valence-corrected chi connectivity index (χ4v) is 1.60. The summed E-state index contributed by atoms with van der Waals surface area (Å²) in [6.45, 7) is 0.286. The predicted octanol–water partition coefficient (Wildman–Crippen LogP) is 2.00. The van der Waals surface area contributed by atoms with E-state index in [1.807, 2.05) is 37.2 Å². The molecule has 0 bridgehead atoms. The van der Waals surface area contributed by atoms with Crippen LogP contribution in [0.25, 0.3) is 0 Å². The maximum Gasteiger partial charge on any atom is 0.320 e. The lowest BCUT2D eigenvalue weighted by Crippen LogP contribution is -2.29. The van der Waals surface area contributed by atoms with Crippen LogP contribution in [-0.2, 0) is 6.54 Å². The molecule has 2 N–H and O–H groups in total. The van der Waals surface area contributed by atoms with Gasteiger partial charge in [0.1, 0.15) is 17.5 Å². The van der Waals surface area contributed by atoms with E-state index in [2.05, 4.69) is 20.6 Å². The van der Waals surface area contributed by atoms with Crippen LogP contribution < -0.4 is 15.5 Å². The topological polar surface area (TPSA) is 70.2 Å². The van der Waals surface area contributed by atoms with Crippen molar-refractivity contribution in [2.45, 2.75) is 6.54 Å². The number of carbonyl (C=O) groups excluding carboxylic acids is 1. The summed E-state index contributed by atoms with van der Waals surface area (Å²) in [5.41, 5.74) is 0.739. The molecule has 7 heteroatoms. The summed E-state index contributed by atoms with van der Waals surface area (Å²) in [6, 6.07) is 7.77. The third-order valence-corrected chi connectivity index (χ3v) is 2.65. The zero-order chi connectivity index (χ0) is 15.2. The first kappa shape index (κ1) is 14.7. The summed E-state index contributed by atoms with van der Waals surface area (Å²) in [5, 5.41) is 5.17. The van der Waals surface area contributed by atoms with Crippen LogP contribution in [0.15, 0.2) is 36.5 Å². The second kappa shape index (κ2) is 6.65. The Labute approximate surface area is 122 Å². The Kier molecular flexibility index (Phi) is 4.65. The van der Waals surface area contributed by atoms with Crippen molar-refractivity contribution in [1.29, 1.82) is 0 Å². The number of nitrogens with zero attached hydrogens (tertiary/aromatic N) is 3. The van der Waals surface area contributed by atoms with Crippen LogP contribution in [-0.4, -0.2) is 30.1 Å². The number of pyridine rings is 2. The van der Waals surface area contributed by atoms with E-state index in [-0.39, 0.29) is 12.4 Å². The number of halogens is 1. The smallest absolute Gasteiger partial charge is 0.320 e. The highest BCUT2D eigenvalue weighted by atomic mass is 19.1. The summed E-state index contributed by atoms with van der Waals surface area (Å²) < 4.78 is 12.7. The molecule has 0 fully saturated rings. The van der Waals surface area contributed by atoms with Crippen molar-refractivity contribution in [3.63, 3.8) is 0 Å². The van der Waals surface area contributed by atoms with Gasteiger partial charge in [0.05, 0.1) is 18.4 Å². The molecule has 6 nitrogen and oxygen atoms in total. The first-order valence-electron chi connectivity index (χ1n) is 6.34. The van der Waals surface area contributed by atoms with Crippen LogP contribution in [0, 0.1) is 5.82 Å². The zero-order valence-electron chi connectivity index (χ0n) is 11.8. The minimum atomic E-state index is -0.453. The van der Waals surface area contributed by atoms with Gasteiger partial charge in [-0.1, -0.05) is 6.07 Å². The normalized spacial score (nSPS) is 10.0. The second-order valence-corrected chi connectivity index (χ2v) is 4.55. The predicted molar refractivity (Wildman–Crippen MR) is 78.6 cm³/mol. The van der Waals surface area contributed by atoms with Gasteiger partial charge >= 0.3 is 6.03 Å². The van der Waals surface area contributed by atoms with Gasteiger partial charge in [-0.15, -0.1) is 0 Å². The Hall–Kier alpha value is -2.70. The molecule has 0 saturated carbocycles. The van der Waals surface area contributed by atoms with Gasteiger partial charge in [-0.3, -0.25) is 5.32 Å². The minimum absolute atomic E-state index is 0.281. The van der Waals surface area contributed by atoms with E-state index >= 15 is 0 Å². The second-order valence-electron chi connectivity index (χ2n) is 4.55. The molecular formula is C14H16FN5O. The van der Waals surface area contributed by atoms with Crippen LogP contribution in [0.2, 0.25) is 0 Å². The molecule has 0 saturated heterocycles. The van der Waals surface area contributed by atoms with Gasteiger partial charge in [-0.25, -0.2) is 19.2 Å². The average molecular weight is 289 g/mol. The van der Waals surface area contributed by atoms with E-state index in [9.17, 15) is 9.18 Å². The van der Waals surface area contributed by atoms with E-state index in [1.165, 1.54) is 12.1 Å². The summed E-state index contributed by atoms with van der Waals surface area (Å²) in [7, 11) is 3.79. The first-order chi connectivity index (χ1) is 10.0. The monoisotopic (exact) mass is 289 g/mol. The van der Waals surface area contributed by atoms with Gasteiger partial charge in [0.15, 0.2) is 0 Å². The molecule has 0 aliphatic heterocycles. The Balaban J connectivity index is 1.89. The van der Waals surface area contributed by atoms with Crippen molar-refractivity contribution in [2.75, 3.05) is 24.3 Å². The number of aromatic nitrogens is 2. The molecular weight excluding hydrogens is 273 g/mol. The lowest BCUT2D eigenvalue weighted by Gasteiger charge is -2.12. The van der Waals surface area contributed by atoms with E-state index in [1.54, 1.807) is 0 Å². The number of amides is 2. The molecule has 2 aromatic heterocycles. The van der Waals surface area contributed by atoms with Gasteiger partial charge in [0.2, 0.25) is 0 Å². The molecule has 0 aliphatic rings. The highest BCUT2D eigenvalue weighted by Gasteiger charge is 2.04. The number of hydrogen-bond donors (Lipinski definition) is 2. The van der Waals surface area contributed by atoms with E-state index in [0.29, 0.717) is 0 Å². The molecule has 2 rings (SSSR count). The Morgan fingerprint density at radius 1 is 1.29 bits per heavy atom. The number of nitrogens with one attached hydrogen (secondary N) is 2. The van der Waals surface area contributed by atoms with Crippen LogP contribution >= 0.6 is 0 Å². The summed E-state index contributed by atoms with van der Waals surface area (Å²) in [5.74, 6) is 0.643. The van der Waals surface area contributed by atoms with Crippen LogP contribution in [0.5, 0.6) is 0 Å². The van der Waals surface area contributed by atoms with Crippen LogP contribution in [0.4, 0.5) is 20.8 Å². The number of hydrogen-bond acceptors (Lipinski definition) is 4. The molecule has 0 aromatic carbocycles. The van der Waals surface area contributed by atoms with Crippen LogP contribution in [0.1, 0.15) is 5.69 Å². The highest BCUT2D eigenvalue weighted by Crippen LogP contribution is 2.08. The fourth-order valence-electron chi connectivity index (χ4n) is 1.60. The molecule has 2 amide bonds. The summed E-state index contributed by atoms with van der Waals surface area (Å²) in [4.78, 5) is 21.7. The van der Waals surface area contributed by atoms with Gasteiger partial charge < -0.3 is 10.2 Å². The van der Waals surface area contributed by atoms with Crippen molar-refractivity contribution in [3.05, 3.63) is 48.0 Å². The van der Waals surface area contributed by atoms with Gasteiger partial charge in [-0.05, 0) is 24.3 Å². The third-order valence-electron chi connectivity index (χ3n) is 2.65. The SMILES string of the molecule is CN(C)c1cccc(CNC(=O)Nc2ccc(F)cn2)n1. The van der Waals surface area contributed by atoms with Crippen molar-refractivity contribution >= 4 is 17.7 Å². The highest BCUT2D eigenvalue weighted by molar-refractivity contribution is 5.88. The zero-order valence-corrected chi connectivity index (χ0v) is 11.8. The number of rotatable bonds is 4. The fraction of sp³-hybridized carbons (Fsp3) is 0.214. The lowest BCUT2D eigenvalue weighted by atomic mass is 10.3. The maximum absolute atomic E-state index is 12.7. The number of carbonyl (C=O) groups is 1. The Morgan fingerprint density at radius 3 is 2.76 bits per heavy atom. The largest absolute Gasteiger partial charge is 0.363 e. The van der Waals surface area contributed by atoms with Crippen molar-refractivity contribution in [3.8, 4) is 0 Å². The van der Waals surface area contributed by atoms with E-state index in [0.717, 1.165) is 17.7 Å². The molecule has 0 spiro atoms. The first-order valence-corrected chi connectivity index (χ1v) is 6.34. The third kappa shape index (κ3) is 4.41. The maximum atomic E-state index is 12.7. The van der Waals surface area contributed by atoms with Crippen molar-refractivity contribution < 1.29 is 9.18 Å². The molecule has 110 valence electrons. The number of urea groups is 1. The number of anilines is 2. The van der Waals surface area contributed by atoms with Gasteiger partial charge in [0, 0.05) is 14.1 Å². The summed E-state index contributed by atoms with van der Waals surface area (Å²) >= 11 is 0. The molecule has 2 heterocycles. The standard InChI is InChI=1S/C14H16FN5O/c1-20(2)13-5-3-4-11(18-13)9-17-14(21)19-12-7-6-10(15)8-16-12/h3-8H,9H2,1-2H3,(H2,16,17,19,21). The van der Waals surface area contributed by atoms with Crippen LogP contribution in [0.3, 0.4) is 0 Å². The minimum Gasteiger partial charge on any atom is -0.363 e. The quantitative estimate of drug-likeness (QED) is 0.903. The molecule has 0 radical (unpaired) electrons. The summed E-state index contributed by atoms with van der Waals surface area (Å²) in [6.07, 6.45) is 1.04. The van der Waals surface area contributed by atoms with Crippen molar-refractivity contribution in [2.24, 2.45) is 0 Å². The average Bonchev–Trinajstić information content (AvgIpc) is 2.48. The lowest BCUT2D eigenvalue weighted by molar-refractivity contribution is 0.251. The molecule has 21 heavy (non-hydrogen) atoms. The molecule has 2 aromatic rings. The van der Waals surface area contributed by atoms with Crippen molar-refractivity contribution in [1.82, 2.24) is 15.3 Å². The Morgan fingerprint density at radius 2 is 2.10 bits per heavy atom.